The Morgan fingerprint density at radius 1 is 0.920 bits per heavy atom. The molecule has 4 rings (SSSR count). The highest BCUT2D eigenvalue weighted by molar-refractivity contribution is 7.16. The van der Waals surface area contributed by atoms with Gasteiger partial charge in [-0.1, -0.05) is 24.3 Å². The lowest BCUT2D eigenvalue weighted by molar-refractivity contribution is -0.0498. The smallest absolute Gasteiger partial charge is 0.387 e. The van der Waals surface area contributed by atoms with Gasteiger partial charge in [0.15, 0.2) is 0 Å². The number of aromatic nitrogens is 2. The molecule has 0 spiro atoms. The summed E-state index contributed by atoms with van der Waals surface area (Å²) in [6, 6.07) is 16.4. The lowest BCUT2D eigenvalue weighted by Crippen LogP contribution is -2.01. The average molecular weight is 354 g/mol. The third-order valence-corrected chi connectivity index (χ3v) is 4.57. The molecule has 2 heterocycles. The zero-order valence-electron chi connectivity index (χ0n) is 12.9. The third kappa shape index (κ3) is 3.21. The number of benzene rings is 2. The lowest BCUT2D eigenvalue weighted by atomic mass is 9.99. The molecular formula is C19H12F2N2OS. The lowest BCUT2D eigenvalue weighted by Gasteiger charge is -2.11. The Labute approximate surface area is 146 Å². The van der Waals surface area contributed by atoms with Gasteiger partial charge >= 0.3 is 6.61 Å². The van der Waals surface area contributed by atoms with Gasteiger partial charge in [0, 0.05) is 17.3 Å². The van der Waals surface area contributed by atoms with Crippen molar-refractivity contribution in [3.8, 4) is 28.1 Å². The number of thiazole rings is 1. The maximum Gasteiger partial charge on any atom is 0.387 e. The van der Waals surface area contributed by atoms with E-state index in [9.17, 15) is 8.78 Å². The molecule has 0 aliphatic carbocycles. The van der Waals surface area contributed by atoms with Crippen LogP contribution in [0.5, 0.6) is 5.75 Å². The van der Waals surface area contributed by atoms with Crippen molar-refractivity contribution in [2.24, 2.45) is 0 Å². The van der Waals surface area contributed by atoms with E-state index in [-0.39, 0.29) is 5.75 Å². The van der Waals surface area contributed by atoms with Gasteiger partial charge in [-0.2, -0.15) is 8.78 Å². The van der Waals surface area contributed by atoms with Crippen molar-refractivity contribution >= 4 is 21.6 Å². The van der Waals surface area contributed by atoms with E-state index in [0.717, 1.165) is 26.9 Å². The van der Waals surface area contributed by atoms with Gasteiger partial charge in [0.1, 0.15) is 5.75 Å². The predicted molar refractivity (Wildman–Crippen MR) is 94.9 cm³/mol. The average Bonchev–Trinajstić information content (AvgIpc) is 3.09. The summed E-state index contributed by atoms with van der Waals surface area (Å²) in [6.07, 6.45) is 1.69. The van der Waals surface area contributed by atoms with E-state index >= 15 is 0 Å². The maximum atomic E-state index is 12.5. The summed E-state index contributed by atoms with van der Waals surface area (Å²) in [5, 5.41) is 0. The van der Waals surface area contributed by atoms with Crippen LogP contribution < -0.4 is 4.74 Å². The molecule has 0 N–H and O–H groups in total. The summed E-state index contributed by atoms with van der Waals surface area (Å²) in [5.41, 5.74) is 6.12. The monoisotopic (exact) mass is 354 g/mol. The molecule has 0 radical (unpaired) electrons. The van der Waals surface area contributed by atoms with E-state index in [1.54, 1.807) is 29.7 Å². The Morgan fingerprint density at radius 2 is 1.84 bits per heavy atom. The van der Waals surface area contributed by atoms with Crippen molar-refractivity contribution in [1.29, 1.82) is 0 Å². The fraction of sp³-hybridized carbons (Fsp3) is 0.0526. The zero-order valence-corrected chi connectivity index (χ0v) is 13.7. The molecule has 4 aromatic rings. The summed E-state index contributed by atoms with van der Waals surface area (Å²) in [6.45, 7) is -2.85. The molecule has 25 heavy (non-hydrogen) atoms. The Bertz CT molecular complexity index is 1030. The predicted octanol–water partition coefficient (Wildman–Crippen LogP) is 5.63. The van der Waals surface area contributed by atoms with Gasteiger partial charge in [-0.05, 0) is 35.9 Å². The molecule has 0 fully saturated rings. The van der Waals surface area contributed by atoms with Crippen LogP contribution in [0.25, 0.3) is 32.6 Å². The van der Waals surface area contributed by atoms with Crippen LogP contribution in [0.1, 0.15) is 0 Å². The number of halogens is 2. The summed E-state index contributed by atoms with van der Waals surface area (Å²) in [5.74, 6) is 0.113. The molecule has 0 aliphatic rings. The number of nitrogens with zero attached hydrogens (tertiary/aromatic N) is 2. The van der Waals surface area contributed by atoms with Crippen molar-refractivity contribution in [3.63, 3.8) is 0 Å². The Kier molecular flexibility index (Phi) is 4.11. The molecule has 0 atom stereocenters. The van der Waals surface area contributed by atoms with Crippen LogP contribution in [-0.2, 0) is 0 Å². The Hall–Kier alpha value is -2.86. The van der Waals surface area contributed by atoms with Crippen molar-refractivity contribution in [1.82, 2.24) is 9.97 Å². The van der Waals surface area contributed by atoms with Crippen molar-refractivity contribution in [2.45, 2.75) is 6.61 Å². The molecule has 0 bridgehead atoms. The Morgan fingerprint density at radius 3 is 2.72 bits per heavy atom. The number of alkyl halides is 2. The second-order valence-electron chi connectivity index (χ2n) is 5.34. The minimum absolute atomic E-state index is 0.113. The molecule has 2 aromatic carbocycles. The first-order valence-corrected chi connectivity index (χ1v) is 8.42. The van der Waals surface area contributed by atoms with Crippen LogP contribution >= 0.6 is 11.3 Å². The summed E-state index contributed by atoms with van der Waals surface area (Å²) in [7, 11) is 0. The van der Waals surface area contributed by atoms with Gasteiger partial charge in [-0.25, -0.2) is 4.98 Å². The topological polar surface area (TPSA) is 35.0 Å². The van der Waals surface area contributed by atoms with Gasteiger partial charge in [0.2, 0.25) is 0 Å². The zero-order chi connectivity index (χ0) is 17.2. The molecule has 0 saturated heterocycles. The number of hydrogen-bond donors (Lipinski definition) is 0. The molecule has 3 nitrogen and oxygen atoms in total. The van der Waals surface area contributed by atoms with Gasteiger partial charge in [-0.15, -0.1) is 11.3 Å². The van der Waals surface area contributed by atoms with E-state index in [0.29, 0.717) is 5.69 Å². The minimum Gasteiger partial charge on any atom is -0.435 e. The number of hydrogen-bond acceptors (Lipinski definition) is 4. The van der Waals surface area contributed by atoms with Gasteiger partial charge in [-0.3, -0.25) is 4.98 Å². The molecule has 0 amide bonds. The Balaban J connectivity index is 1.81. The molecule has 0 saturated carbocycles. The number of pyridine rings is 1. The highest BCUT2D eigenvalue weighted by atomic mass is 32.1. The fourth-order valence-corrected chi connectivity index (χ4v) is 3.43. The summed E-state index contributed by atoms with van der Waals surface area (Å²) < 4.78 is 30.5. The molecule has 0 aliphatic heterocycles. The normalized spacial score (nSPS) is 11.2. The molecule has 2 aromatic heterocycles. The van der Waals surface area contributed by atoms with Crippen LogP contribution in [0.4, 0.5) is 8.78 Å². The second kappa shape index (κ2) is 6.57. The first-order chi connectivity index (χ1) is 12.2. The van der Waals surface area contributed by atoms with Gasteiger partial charge < -0.3 is 4.74 Å². The van der Waals surface area contributed by atoms with Crippen LogP contribution in [-0.4, -0.2) is 16.6 Å². The largest absolute Gasteiger partial charge is 0.435 e. The van der Waals surface area contributed by atoms with Crippen LogP contribution in [0.15, 0.2) is 66.3 Å². The number of rotatable bonds is 4. The van der Waals surface area contributed by atoms with Crippen molar-refractivity contribution in [2.75, 3.05) is 0 Å². The number of ether oxygens (including phenoxy) is 1. The highest BCUT2D eigenvalue weighted by Crippen LogP contribution is 2.34. The molecule has 0 unspecified atom stereocenters. The standard InChI is InChI=1S/C19H12F2N2OS/c20-19(21)24-14-4-1-3-13(9-14)18-15(5-2-8-22-18)12-6-7-16-17(10-12)25-11-23-16/h1-11,19H. The van der Waals surface area contributed by atoms with Gasteiger partial charge in [0.25, 0.3) is 0 Å². The minimum atomic E-state index is -2.85. The summed E-state index contributed by atoms with van der Waals surface area (Å²) >= 11 is 1.57. The molecular weight excluding hydrogens is 342 g/mol. The SMILES string of the molecule is FC(F)Oc1cccc(-c2ncccc2-c2ccc3ncsc3c2)c1. The molecule has 6 heteroatoms. The van der Waals surface area contributed by atoms with E-state index in [1.165, 1.54) is 6.07 Å². The van der Waals surface area contributed by atoms with Crippen molar-refractivity contribution in [3.05, 3.63) is 66.3 Å². The first kappa shape index (κ1) is 15.7. The first-order valence-electron chi connectivity index (χ1n) is 7.54. The fourth-order valence-electron chi connectivity index (χ4n) is 2.71. The van der Waals surface area contributed by atoms with E-state index in [2.05, 4.69) is 20.8 Å². The molecule has 124 valence electrons. The van der Waals surface area contributed by atoms with Crippen molar-refractivity contribution < 1.29 is 13.5 Å². The maximum absolute atomic E-state index is 12.5. The van der Waals surface area contributed by atoms with Gasteiger partial charge in [0.05, 0.1) is 21.4 Å². The quantitative estimate of drug-likeness (QED) is 0.477. The van der Waals surface area contributed by atoms with E-state index < -0.39 is 6.61 Å². The second-order valence-corrected chi connectivity index (χ2v) is 6.23. The van der Waals surface area contributed by atoms with E-state index in [1.807, 2.05) is 35.8 Å². The third-order valence-electron chi connectivity index (χ3n) is 3.78. The number of fused-ring (bicyclic) bond motifs is 1. The van der Waals surface area contributed by atoms with Crippen LogP contribution in [0, 0.1) is 0 Å². The van der Waals surface area contributed by atoms with Crippen LogP contribution in [0.2, 0.25) is 0 Å². The van der Waals surface area contributed by atoms with Crippen LogP contribution in [0.3, 0.4) is 0 Å². The van der Waals surface area contributed by atoms with E-state index in [4.69, 9.17) is 0 Å². The summed E-state index contributed by atoms with van der Waals surface area (Å²) in [4.78, 5) is 8.75. The highest BCUT2D eigenvalue weighted by Gasteiger charge is 2.12.